The summed E-state index contributed by atoms with van der Waals surface area (Å²) in [6.45, 7) is 4.23. The highest BCUT2D eigenvalue weighted by Gasteiger charge is 2.36. The van der Waals surface area contributed by atoms with Gasteiger partial charge in [0.25, 0.3) is 5.91 Å². The van der Waals surface area contributed by atoms with E-state index in [1.165, 1.54) is 12.3 Å². The highest BCUT2D eigenvalue weighted by atomic mass is 16.5. The van der Waals surface area contributed by atoms with Crippen molar-refractivity contribution in [3.8, 4) is 5.75 Å². The topological polar surface area (TPSA) is 82.9 Å². The van der Waals surface area contributed by atoms with Crippen molar-refractivity contribution in [2.45, 2.75) is 25.6 Å². The maximum atomic E-state index is 12.3. The summed E-state index contributed by atoms with van der Waals surface area (Å²) in [5.41, 5.74) is -0.511. The third-order valence-corrected chi connectivity index (χ3v) is 2.96. The minimum Gasteiger partial charge on any atom is -0.505 e. The number of aromatic nitrogens is 1. The number of pyridine rings is 1. The van der Waals surface area contributed by atoms with Gasteiger partial charge in [0, 0.05) is 19.3 Å². The standard InChI is InChI=1S/C13H18N2O4/c1-13(2)8-15(6-9(7-16)19-13)12(18)11-10(17)4-3-5-14-11/h3-5,9,16-17H,6-8H2,1-2H3. The molecule has 19 heavy (non-hydrogen) atoms. The van der Waals surface area contributed by atoms with Crippen LogP contribution in [0.1, 0.15) is 24.3 Å². The molecule has 0 aliphatic carbocycles. The first-order valence-corrected chi connectivity index (χ1v) is 6.15. The molecule has 0 aromatic carbocycles. The number of aliphatic hydroxyl groups is 1. The number of morpholine rings is 1. The molecule has 0 saturated carbocycles. The van der Waals surface area contributed by atoms with Crippen LogP contribution in [0, 0.1) is 0 Å². The van der Waals surface area contributed by atoms with Crippen LogP contribution in [0.2, 0.25) is 0 Å². The van der Waals surface area contributed by atoms with Gasteiger partial charge in [0.15, 0.2) is 5.69 Å². The first-order chi connectivity index (χ1) is 8.93. The third-order valence-electron chi connectivity index (χ3n) is 2.96. The number of hydrogen-bond donors (Lipinski definition) is 2. The van der Waals surface area contributed by atoms with Gasteiger partial charge in [0.05, 0.1) is 18.3 Å². The van der Waals surface area contributed by atoms with Gasteiger partial charge in [-0.2, -0.15) is 0 Å². The number of carbonyl (C=O) groups is 1. The van der Waals surface area contributed by atoms with Gasteiger partial charge in [0.1, 0.15) is 5.75 Å². The Bertz CT molecular complexity index is 475. The lowest BCUT2D eigenvalue weighted by molar-refractivity contribution is -0.139. The Labute approximate surface area is 111 Å². The molecule has 2 heterocycles. The Morgan fingerprint density at radius 3 is 3.00 bits per heavy atom. The molecule has 1 aromatic rings. The first kappa shape index (κ1) is 13.8. The zero-order valence-corrected chi connectivity index (χ0v) is 11.0. The van der Waals surface area contributed by atoms with E-state index in [-0.39, 0.29) is 30.5 Å². The molecule has 1 fully saturated rings. The average Bonchev–Trinajstić information content (AvgIpc) is 2.36. The fourth-order valence-electron chi connectivity index (χ4n) is 2.26. The van der Waals surface area contributed by atoms with Gasteiger partial charge in [0.2, 0.25) is 0 Å². The van der Waals surface area contributed by atoms with Crippen LogP contribution in [0.3, 0.4) is 0 Å². The van der Waals surface area contributed by atoms with E-state index in [4.69, 9.17) is 4.74 Å². The molecule has 1 unspecified atom stereocenters. The normalized spacial score (nSPS) is 22.3. The molecule has 2 N–H and O–H groups in total. The van der Waals surface area contributed by atoms with Crippen molar-refractivity contribution in [1.29, 1.82) is 0 Å². The van der Waals surface area contributed by atoms with Crippen LogP contribution in [0.5, 0.6) is 5.75 Å². The fourth-order valence-corrected chi connectivity index (χ4v) is 2.26. The number of hydrogen-bond acceptors (Lipinski definition) is 5. The van der Waals surface area contributed by atoms with Crippen molar-refractivity contribution in [1.82, 2.24) is 9.88 Å². The fraction of sp³-hybridized carbons (Fsp3) is 0.538. The van der Waals surface area contributed by atoms with E-state index >= 15 is 0 Å². The van der Waals surface area contributed by atoms with E-state index in [1.54, 1.807) is 11.0 Å². The smallest absolute Gasteiger partial charge is 0.276 e. The summed E-state index contributed by atoms with van der Waals surface area (Å²) in [6, 6.07) is 2.99. The van der Waals surface area contributed by atoms with Crippen molar-refractivity contribution in [2.75, 3.05) is 19.7 Å². The summed E-state index contributed by atoms with van der Waals surface area (Å²) in [6.07, 6.45) is 1.04. The number of aromatic hydroxyl groups is 1. The molecule has 2 rings (SSSR count). The van der Waals surface area contributed by atoms with Crippen molar-refractivity contribution in [3.63, 3.8) is 0 Å². The minimum absolute atomic E-state index is 0.0249. The molecule has 0 spiro atoms. The highest BCUT2D eigenvalue weighted by molar-refractivity contribution is 5.94. The zero-order valence-electron chi connectivity index (χ0n) is 11.0. The summed E-state index contributed by atoms with van der Waals surface area (Å²) in [4.78, 5) is 17.8. The van der Waals surface area contributed by atoms with E-state index in [0.29, 0.717) is 6.54 Å². The van der Waals surface area contributed by atoms with Crippen molar-refractivity contribution in [3.05, 3.63) is 24.0 Å². The van der Waals surface area contributed by atoms with Crippen molar-refractivity contribution in [2.24, 2.45) is 0 Å². The molecule has 104 valence electrons. The lowest BCUT2D eigenvalue weighted by Crippen LogP contribution is -2.55. The molecule has 0 radical (unpaired) electrons. The predicted molar refractivity (Wildman–Crippen MR) is 67.8 cm³/mol. The van der Waals surface area contributed by atoms with Crippen LogP contribution in [0.15, 0.2) is 18.3 Å². The molecule has 6 heteroatoms. The molecular weight excluding hydrogens is 248 g/mol. The summed E-state index contributed by atoms with van der Waals surface area (Å²) in [7, 11) is 0. The number of aliphatic hydroxyl groups excluding tert-OH is 1. The van der Waals surface area contributed by atoms with E-state index in [9.17, 15) is 15.0 Å². The monoisotopic (exact) mass is 266 g/mol. The lowest BCUT2D eigenvalue weighted by Gasteiger charge is -2.42. The second-order valence-corrected chi connectivity index (χ2v) is 5.24. The number of carbonyl (C=O) groups excluding carboxylic acids is 1. The van der Waals surface area contributed by atoms with Gasteiger partial charge in [-0.05, 0) is 26.0 Å². The van der Waals surface area contributed by atoms with Crippen LogP contribution in [0.25, 0.3) is 0 Å². The van der Waals surface area contributed by atoms with Gasteiger partial charge in [-0.3, -0.25) is 4.79 Å². The van der Waals surface area contributed by atoms with Gasteiger partial charge >= 0.3 is 0 Å². The molecule has 1 atom stereocenters. The maximum Gasteiger partial charge on any atom is 0.276 e. The first-order valence-electron chi connectivity index (χ1n) is 6.15. The minimum atomic E-state index is -0.536. The summed E-state index contributed by atoms with van der Waals surface area (Å²) in [5.74, 6) is -0.495. The van der Waals surface area contributed by atoms with Crippen LogP contribution in [-0.4, -0.2) is 57.4 Å². The van der Waals surface area contributed by atoms with Crippen molar-refractivity contribution >= 4 is 5.91 Å². The van der Waals surface area contributed by atoms with Gasteiger partial charge in [-0.15, -0.1) is 0 Å². The second kappa shape index (κ2) is 5.14. The van der Waals surface area contributed by atoms with Crippen molar-refractivity contribution < 1.29 is 19.7 Å². The summed E-state index contributed by atoms with van der Waals surface area (Å²) < 4.78 is 5.64. The Morgan fingerprint density at radius 2 is 2.37 bits per heavy atom. The van der Waals surface area contributed by atoms with E-state index < -0.39 is 11.7 Å². The zero-order chi connectivity index (χ0) is 14.0. The van der Waals surface area contributed by atoms with Crippen LogP contribution < -0.4 is 0 Å². The van der Waals surface area contributed by atoms with Gasteiger partial charge in [-0.1, -0.05) is 0 Å². The SMILES string of the molecule is CC1(C)CN(C(=O)c2ncccc2O)CC(CO)O1. The second-order valence-electron chi connectivity index (χ2n) is 5.24. The van der Waals surface area contributed by atoms with E-state index in [1.807, 2.05) is 13.8 Å². The van der Waals surface area contributed by atoms with Crippen LogP contribution >= 0.6 is 0 Å². The molecule has 1 aliphatic heterocycles. The molecule has 1 amide bonds. The molecule has 0 bridgehead atoms. The molecule has 6 nitrogen and oxygen atoms in total. The van der Waals surface area contributed by atoms with E-state index in [0.717, 1.165) is 0 Å². The maximum absolute atomic E-state index is 12.3. The molecule has 1 aromatic heterocycles. The predicted octanol–water partition coefficient (Wildman–Crippen LogP) is 0.399. The molecule has 1 saturated heterocycles. The molecular formula is C13H18N2O4. The number of amides is 1. The Morgan fingerprint density at radius 1 is 1.63 bits per heavy atom. The quantitative estimate of drug-likeness (QED) is 0.809. The van der Waals surface area contributed by atoms with Gasteiger partial charge < -0.3 is 19.8 Å². The number of rotatable bonds is 2. The Hall–Kier alpha value is -1.66. The summed E-state index contributed by atoms with van der Waals surface area (Å²) in [5, 5.41) is 18.9. The van der Waals surface area contributed by atoms with E-state index in [2.05, 4.69) is 4.98 Å². The Balaban J connectivity index is 2.21. The molecule has 1 aliphatic rings. The Kier molecular flexibility index (Phi) is 3.73. The number of ether oxygens (including phenoxy) is 1. The lowest BCUT2D eigenvalue weighted by atomic mass is 10.0. The number of nitrogens with zero attached hydrogens (tertiary/aromatic N) is 2. The third kappa shape index (κ3) is 3.02. The largest absolute Gasteiger partial charge is 0.505 e. The van der Waals surface area contributed by atoms with Gasteiger partial charge in [-0.25, -0.2) is 4.98 Å². The van der Waals surface area contributed by atoms with Crippen LogP contribution in [-0.2, 0) is 4.74 Å². The van der Waals surface area contributed by atoms with Crippen LogP contribution in [0.4, 0.5) is 0 Å². The summed E-state index contributed by atoms with van der Waals surface area (Å²) >= 11 is 0. The highest BCUT2D eigenvalue weighted by Crippen LogP contribution is 2.24. The average molecular weight is 266 g/mol.